The Labute approximate surface area is 122 Å². The largest absolute Gasteiger partial charge is 0.484 e. The number of amides is 2. The molecule has 1 heterocycles. The van der Waals surface area contributed by atoms with Gasteiger partial charge in [-0.3, -0.25) is 9.59 Å². The Kier molecular flexibility index (Phi) is 3.77. The van der Waals surface area contributed by atoms with E-state index in [2.05, 4.69) is 5.32 Å². The lowest BCUT2D eigenvalue weighted by atomic mass is 10.2. The van der Waals surface area contributed by atoms with Crippen molar-refractivity contribution in [1.82, 2.24) is 10.2 Å². The van der Waals surface area contributed by atoms with E-state index >= 15 is 0 Å². The second-order valence-electron chi connectivity index (χ2n) is 5.49. The normalized spacial score (nSPS) is 21.5. The van der Waals surface area contributed by atoms with Gasteiger partial charge in [-0.15, -0.1) is 0 Å². The molecule has 2 aliphatic rings. The van der Waals surface area contributed by atoms with E-state index in [1.54, 1.807) is 0 Å². The second-order valence-corrected chi connectivity index (χ2v) is 5.49. The first-order chi connectivity index (χ1) is 10.1. The monoisotopic (exact) mass is 292 g/mol. The highest BCUT2D eigenvalue weighted by Gasteiger charge is 2.39. The lowest BCUT2D eigenvalue weighted by Gasteiger charge is -2.16. The number of nitrogens with one attached hydrogen (secondary N) is 1. The van der Waals surface area contributed by atoms with Gasteiger partial charge in [0.2, 0.25) is 5.91 Å². The molecule has 1 unspecified atom stereocenters. The molecule has 2 fully saturated rings. The van der Waals surface area contributed by atoms with Gasteiger partial charge in [0.15, 0.2) is 6.61 Å². The molecule has 3 rings (SSSR count). The lowest BCUT2D eigenvalue weighted by molar-refractivity contribution is -0.128. The van der Waals surface area contributed by atoms with Crippen molar-refractivity contribution in [3.63, 3.8) is 0 Å². The van der Waals surface area contributed by atoms with Gasteiger partial charge in [0.05, 0.1) is 6.04 Å². The molecule has 21 heavy (non-hydrogen) atoms. The van der Waals surface area contributed by atoms with Gasteiger partial charge in [-0.25, -0.2) is 4.39 Å². The molecule has 0 spiro atoms. The van der Waals surface area contributed by atoms with Gasteiger partial charge in [-0.1, -0.05) is 0 Å². The van der Waals surface area contributed by atoms with E-state index in [1.807, 2.05) is 4.90 Å². The van der Waals surface area contributed by atoms with Crippen molar-refractivity contribution >= 4 is 11.8 Å². The molecule has 0 aromatic heterocycles. The van der Waals surface area contributed by atoms with E-state index in [1.165, 1.54) is 24.3 Å². The van der Waals surface area contributed by atoms with E-state index in [9.17, 15) is 14.0 Å². The van der Waals surface area contributed by atoms with Crippen molar-refractivity contribution in [2.75, 3.05) is 13.2 Å². The van der Waals surface area contributed by atoms with Crippen LogP contribution >= 0.6 is 0 Å². The third-order valence-corrected chi connectivity index (χ3v) is 3.69. The molecule has 1 aliphatic carbocycles. The van der Waals surface area contributed by atoms with Gasteiger partial charge >= 0.3 is 0 Å². The van der Waals surface area contributed by atoms with Crippen molar-refractivity contribution in [3.05, 3.63) is 30.1 Å². The lowest BCUT2D eigenvalue weighted by Crippen LogP contribution is -2.40. The van der Waals surface area contributed by atoms with Crippen LogP contribution in [0, 0.1) is 5.82 Å². The van der Waals surface area contributed by atoms with Gasteiger partial charge in [0, 0.05) is 19.0 Å². The first-order valence-electron chi connectivity index (χ1n) is 7.09. The minimum Gasteiger partial charge on any atom is -0.484 e. The zero-order valence-electron chi connectivity index (χ0n) is 11.5. The van der Waals surface area contributed by atoms with Gasteiger partial charge < -0.3 is 15.0 Å². The molecule has 112 valence electrons. The molecule has 0 bridgehead atoms. The Morgan fingerprint density at radius 1 is 1.33 bits per heavy atom. The molecule has 1 aliphatic heterocycles. The van der Waals surface area contributed by atoms with Crippen molar-refractivity contribution in [1.29, 1.82) is 0 Å². The maximum absolute atomic E-state index is 12.7. The molecule has 1 saturated heterocycles. The summed E-state index contributed by atoms with van der Waals surface area (Å²) in [5.41, 5.74) is 0. The summed E-state index contributed by atoms with van der Waals surface area (Å²) in [6.45, 7) is 0.450. The summed E-state index contributed by atoms with van der Waals surface area (Å²) in [5.74, 6) is -0.0675. The molecule has 0 radical (unpaired) electrons. The molecule has 1 atom stereocenters. The predicted octanol–water partition coefficient (Wildman–Crippen LogP) is 1.08. The Bertz CT molecular complexity index is 542. The fourth-order valence-corrected chi connectivity index (χ4v) is 2.52. The molecular weight excluding hydrogens is 275 g/mol. The number of carbonyl (C=O) groups excluding carboxylic acids is 2. The summed E-state index contributed by atoms with van der Waals surface area (Å²) in [7, 11) is 0. The van der Waals surface area contributed by atoms with Crippen LogP contribution in [-0.2, 0) is 9.59 Å². The molecule has 1 saturated carbocycles. The number of hydrogen-bond acceptors (Lipinski definition) is 3. The number of carbonyl (C=O) groups is 2. The highest BCUT2D eigenvalue weighted by atomic mass is 19.1. The van der Waals surface area contributed by atoms with Crippen LogP contribution < -0.4 is 10.1 Å². The summed E-state index contributed by atoms with van der Waals surface area (Å²) in [4.78, 5) is 25.4. The number of halogens is 1. The standard InChI is InChI=1S/C15H17FN2O3/c16-10-1-5-13(6-2-10)21-9-14(19)17-11-7-15(20)18(8-11)12-3-4-12/h1-2,5-6,11-12H,3-4,7-9H2,(H,17,19). The summed E-state index contributed by atoms with van der Waals surface area (Å²) in [6, 6.07) is 5.73. The number of benzene rings is 1. The van der Waals surface area contributed by atoms with Crippen molar-refractivity contribution in [2.24, 2.45) is 0 Å². The van der Waals surface area contributed by atoms with Gasteiger partial charge in [-0.05, 0) is 37.1 Å². The average molecular weight is 292 g/mol. The quantitative estimate of drug-likeness (QED) is 0.883. The van der Waals surface area contributed by atoms with Gasteiger partial charge in [0.1, 0.15) is 11.6 Å². The van der Waals surface area contributed by atoms with Gasteiger partial charge in [0.25, 0.3) is 5.91 Å². The van der Waals surface area contributed by atoms with Crippen LogP contribution in [-0.4, -0.2) is 41.9 Å². The van der Waals surface area contributed by atoms with Crippen LogP contribution in [0.15, 0.2) is 24.3 Å². The van der Waals surface area contributed by atoms with Crippen molar-refractivity contribution in [3.8, 4) is 5.75 Å². The molecule has 1 N–H and O–H groups in total. The van der Waals surface area contributed by atoms with Crippen molar-refractivity contribution < 1.29 is 18.7 Å². The third kappa shape index (κ3) is 3.51. The van der Waals surface area contributed by atoms with E-state index in [0.29, 0.717) is 24.8 Å². The molecule has 2 amide bonds. The molecule has 1 aromatic carbocycles. The highest BCUT2D eigenvalue weighted by Crippen LogP contribution is 2.30. The van der Waals surface area contributed by atoms with E-state index in [0.717, 1.165) is 12.8 Å². The van der Waals surface area contributed by atoms with E-state index in [4.69, 9.17) is 4.74 Å². The summed E-state index contributed by atoms with van der Waals surface area (Å²) < 4.78 is 18.0. The topological polar surface area (TPSA) is 58.6 Å². The van der Waals surface area contributed by atoms with Crippen LogP contribution in [0.25, 0.3) is 0 Å². The first kappa shape index (κ1) is 13.9. The maximum atomic E-state index is 12.7. The van der Waals surface area contributed by atoms with E-state index in [-0.39, 0.29) is 30.3 Å². The fraction of sp³-hybridized carbons (Fsp3) is 0.467. The Hall–Kier alpha value is -2.11. The number of rotatable bonds is 5. The minimum absolute atomic E-state index is 0.113. The zero-order valence-corrected chi connectivity index (χ0v) is 11.5. The van der Waals surface area contributed by atoms with Crippen LogP contribution in [0.2, 0.25) is 0 Å². The zero-order chi connectivity index (χ0) is 14.8. The number of ether oxygens (including phenoxy) is 1. The summed E-state index contributed by atoms with van der Waals surface area (Å²) in [6.07, 6.45) is 2.50. The Morgan fingerprint density at radius 2 is 2.05 bits per heavy atom. The summed E-state index contributed by atoms with van der Waals surface area (Å²) in [5, 5.41) is 2.80. The summed E-state index contributed by atoms with van der Waals surface area (Å²) >= 11 is 0. The number of nitrogens with zero attached hydrogens (tertiary/aromatic N) is 1. The highest BCUT2D eigenvalue weighted by molar-refractivity contribution is 5.83. The minimum atomic E-state index is -0.351. The van der Waals surface area contributed by atoms with E-state index < -0.39 is 0 Å². The molecular formula is C15H17FN2O3. The maximum Gasteiger partial charge on any atom is 0.258 e. The van der Waals surface area contributed by atoms with Crippen LogP contribution in [0.5, 0.6) is 5.75 Å². The molecule has 6 heteroatoms. The number of likely N-dealkylation sites (tertiary alicyclic amines) is 1. The fourth-order valence-electron chi connectivity index (χ4n) is 2.52. The van der Waals surface area contributed by atoms with Crippen LogP contribution in [0.3, 0.4) is 0 Å². The third-order valence-electron chi connectivity index (χ3n) is 3.69. The Balaban J connectivity index is 1.44. The smallest absolute Gasteiger partial charge is 0.258 e. The Morgan fingerprint density at radius 3 is 2.71 bits per heavy atom. The van der Waals surface area contributed by atoms with Crippen molar-refractivity contribution in [2.45, 2.75) is 31.3 Å². The SMILES string of the molecule is O=C(COc1ccc(F)cc1)NC1CC(=O)N(C2CC2)C1. The van der Waals surface area contributed by atoms with Crippen LogP contribution in [0.1, 0.15) is 19.3 Å². The predicted molar refractivity (Wildman–Crippen MR) is 73.2 cm³/mol. The molecule has 5 nitrogen and oxygen atoms in total. The molecule has 1 aromatic rings. The van der Waals surface area contributed by atoms with Gasteiger partial charge in [-0.2, -0.15) is 0 Å². The first-order valence-corrected chi connectivity index (χ1v) is 7.09. The van der Waals surface area contributed by atoms with Crippen LogP contribution in [0.4, 0.5) is 4.39 Å². The second kappa shape index (κ2) is 5.71. The average Bonchev–Trinajstić information content (AvgIpc) is 3.23. The number of hydrogen-bond donors (Lipinski definition) is 1.